The molecule has 22 heavy (non-hydrogen) atoms. The highest BCUT2D eigenvalue weighted by molar-refractivity contribution is 5.75. The molecule has 0 aliphatic carbocycles. The molecule has 0 saturated heterocycles. The van der Waals surface area contributed by atoms with Gasteiger partial charge in [-0.2, -0.15) is 0 Å². The van der Waals surface area contributed by atoms with Crippen LogP contribution in [0.3, 0.4) is 0 Å². The van der Waals surface area contributed by atoms with E-state index in [4.69, 9.17) is 4.74 Å². The fourth-order valence-corrected chi connectivity index (χ4v) is 3.05. The summed E-state index contributed by atoms with van der Waals surface area (Å²) in [7, 11) is 0. The Morgan fingerprint density at radius 2 is 1.68 bits per heavy atom. The number of ether oxygens (including phenoxy) is 1. The molecular formula is C19H16FNO. The topological polar surface area (TPSA) is 14.2 Å². The number of benzene rings is 2. The Balaban J connectivity index is 1.89. The largest absolute Gasteiger partial charge is 0.373 e. The standard InChI is InChI=1S/C19H16FNO/c20-16-8-6-14(7-9-16)17-12-18(15-4-2-1-3-5-15)21-10-11-22-13-19(17)21/h1-9,12H,10-11,13H2. The van der Waals surface area contributed by atoms with Crippen molar-refractivity contribution in [2.24, 2.45) is 0 Å². The molecule has 1 aliphatic rings. The molecule has 2 heterocycles. The smallest absolute Gasteiger partial charge is 0.123 e. The van der Waals surface area contributed by atoms with Crippen molar-refractivity contribution in [2.45, 2.75) is 13.2 Å². The van der Waals surface area contributed by atoms with Crippen LogP contribution in [0.4, 0.5) is 4.39 Å². The fraction of sp³-hybridized carbons (Fsp3) is 0.158. The molecule has 0 N–H and O–H groups in total. The van der Waals surface area contributed by atoms with Crippen LogP contribution in [0, 0.1) is 5.82 Å². The molecule has 3 heteroatoms. The van der Waals surface area contributed by atoms with Gasteiger partial charge in [0, 0.05) is 17.8 Å². The van der Waals surface area contributed by atoms with Crippen LogP contribution in [0.2, 0.25) is 0 Å². The van der Waals surface area contributed by atoms with Crippen molar-refractivity contribution in [1.29, 1.82) is 0 Å². The van der Waals surface area contributed by atoms with Crippen molar-refractivity contribution in [3.8, 4) is 22.4 Å². The molecule has 0 saturated carbocycles. The molecular weight excluding hydrogens is 277 g/mol. The first kappa shape index (κ1) is 13.3. The number of aromatic nitrogens is 1. The summed E-state index contributed by atoms with van der Waals surface area (Å²) in [5.74, 6) is -0.212. The van der Waals surface area contributed by atoms with Gasteiger partial charge in [-0.05, 0) is 29.3 Å². The summed E-state index contributed by atoms with van der Waals surface area (Å²) in [6.45, 7) is 2.17. The SMILES string of the molecule is Fc1ccc(-c2cc(-c3ccccc3)n3c2COCC3)cc1. The fourth-order valence-electron chi connectivity index (χ4n) is 3.05. The van der Waals surface area contributed by atoms with Crippen LogP contribution < -0.4 is 0 Å². The summed E-state index contributed by atoms with van der Waals surface area (Å²) in [4.78, 5) is 0. The maximum absolute atomic E-state index is 13.2. The van der Waals surface area contributed by atoms with Gasteiger partial charge in [0.15, 0.2) is 0 Å². The van der Waals surface area contributed by atoms with Crippen molar-refractivity contribution in [3.63, 3.8) is 0 Å². The van der Waals surface area contributed by atoms with Gasteiger partial charge in [-0.25, -0.2) is 4.39 Å². The number of hydrogen-bond acceptors (Lipinski definition) is 1. The molecule has 4 rings (SSSR count). The first-order valence-electron chi connectivity index (χ1n) is 7.44. The Bertz CT molecular complexity index is 790. The zero-order valence-electron chi connectivity index (χ0n) is 12.1. The third-order valence-electron chi connectivity index (χ3n) is 4.13. The van der Waals surface area contributed by atoms with E-state index in [1.54, 1.807) is 0 Å². The number of hydrogen-bond donors (Lipinski definition) is 0. The molecule has 0 atom stereocenters. The second-order valence-electron chi connectivity index (χ2n) is 5.47. The highest BCUT2D eigenvalue weighted by atomic mass is 19.1. The predicted octanol–water partition coefficient (Wildman–Crippen LogP) is 4.49. The van der Waals surface area contributed by atoms with Crippen LogP contribution in [0.15, 0.2) is 60.7 Å². The van der Waals surface area contributed by atoms with Crippen LogP contribution in [0.1, 0.15) is 5.69 Å². The van der Waals surface area contributed by atoms with Crippen molar-refractivity contribution in [3.05, 3.63) is 72.2 Å². The Labute approximate surface area is 128 Å². The first-order valence-corrected chi connectivity index (χ1v) is 7.44. The molecule has 0 bridgehead atoms. The quantitative estimate of drug-likeness (QED) is 0.679. The summed E-state index contributed by atoms with van der Waals surface area (Å²) < 4.78 is 21.1. The van der Waals surface area contributed by atoms with Crippen molar-refractivity contribution in [2.75, 3.05) is 6.61 Å². The lowest BCUT2D eigenvalue weighted by molar-refractivity contribution is 0.0860. The lowest BCUT2D eigenvalue weighted by atomic mass is 10.0. The van der Waals surface area contributed by atoms with Gasteiger partial charge < -0.3 is 9.30 Å². The minimum Gasteiger partial charge on any atom is -0.373 e. The summed E-state index contributed by atoms with van der Waals surface area (Å²) in [5, 5.41) is 0. The third-order valence-corrected chi connectivity index (χ3v) is 4.13. The molecule has 2 nitrogen and oxygen atoms in total. The second kappa shape index (κ2) is 5.43. The monoisotopic (exact) mass is 293 g/mol. The number of rotatable bonds is 2. The molecule has 110 valence electrons. The third kappa shape index (κ3) is 2.24. The summed E-state index contributed by atoms with van der Waals surface area (Å²) in [5.41, 5.74) is 5.70. The average molecular weight is 293 g/mol. The van der Waals surface area contributed by atoms with E-state index < -0.39 is 0 Å². The summed E-state index contributed by atoms with van der Waals surface area (Å²) >= 11 is 0. The van der Waals surface area contributed by atoms with E-state index in [1.165, 1.54) is 23.4 Å². The maximum atomic E-state index is 13.2. The van der Waals surface area contributed by atoms with Gasteiger partial charge in [-0.15, -0.1) is 0 Å². The van der Waals surface area contributed by atoms with Crippen LogP contribution in [0.5, 0.6) is 0 Å². The minimum absolute atomic E-state index is 0.212. The van der Waals surface area contributed by atoms with E-state index in [9.17, 15) is 4.39 Å². The van der Waals surface area contributed by atoms with E-state index in [1.807, 2.05) is 30.3 Å². The zero-order chi connectivity index (χ0) is 14.9. The van der Waals surface area contributed by atoms with Crippen molar-refractivity contribution < 1.29 is 9.13 Å². The molecule has 2 aromatic carbocycles. The Morgan fingerprint density at radius 3 is 2.45 bits per heavy atom. The first-order chi connectivity index (χ1) is 10.8. The molecule has 0 radical (unpaired) electrons. The van der Waals surface area contributed by atoms with Gasteiger partial charge in [0.2, 0.25) is 0 Å². The molecule has 0 amide bonds. The van der Waals surface area contributed by atoms with Crippen LogP contribution >= 0.6 is 0 Å². The van der Waals surface area contributed by atoms with Crippen molar-refractivity contribution >= 4 is 0 Å². The highest BCUT2D eigenvalue weighted by Crippen LogP contribution is 2.34. The van der Waals surface area contributed by atoms with E-state index >= 15 is 0 Å². The second-order valence-corrected chi connectivity index (χ2v) is 5.47. The average Bonchev–Trinajstić information content (AvgIpc) is 2.96. The van der Waals surface area contributed by atoms with E-state index in [2.05, 4.69) is 22.8 Å². The van der Waals surface area contributed by atoms with E-state index in [0.29, 0.717) is 6.61 Å². The lowest BCUT2D eigenvalue weighted by Gasteiger charge is -2.19. The molecule has 0 spiro atoms. The van der Waals surface area contributed by atoms with Gasteiger partial charge in [0.1, 0.15) is 5.82 Å². The number of halogens is 1. The number of fused-ring (bicyclic) bond motifs is 1. The number of nitrogens with zero attached hydrogens (tertiary/aromatic N) is 1. The van der Waals surface area contributed by atoms with E-state index in [-0.39, 0.29) is 5.82 Å². The Kier molecular flexibility index (Phi) is 3.28. The molecule has 1 aromatic heterocycles. The summed E-state index contributed by atoms with van der Waals surface area (Å²) in [6.07, 6.45) is 0. The maximum Gasteiger partial charge on any atom is 0.123 e. The van der Waals surface area contributed by atoms with Gasteiger partial charge in [-0.1, -0.05) is 42.5 Å². The molecule has 0 unspecified atom stereocenters. The Morgan fingerprint density at radius 1 is 0.909 bits per heavy atom. The zero-order valence-corrected chi connectivity index (χ0v) is 12.1. The normalized spacial score (nSPS) is 13.9. The minimum atomic E-state index is -0.212. The van der Waals surface area contributed by atoms with Crippen molar-refractivity contribution in [1.82, 2.24) is 4.57 Å². The van der Waals surface area contributed by atoms with Crippen LogP contribution in [-0.4, -0.2) is 11.2 Å². The van der Waals surface area contributed by atoms with Gasteiger partial charge in [0.05, 0.1) is 18.9 Å². The summed E-state index contributed by atoms with van der Waals surface area (Å²) in [6, 6.07) is 19.2. The predicted molar refractivity (Wildman–Crippen MR) is 84.9 cm³/mol. The highest BCUT2D eigenvalue weighted by Gasteiger charge is 2.20. The van der Waals surface area contributed by atoms with Gasteiger partial charge in [-0.3, -0.25) is 0 Å². The van der Waals surface area contributed by atoms with Crippen LogP contribution in [0.25, 0.3) is 22.4 Å². The van der Waals surface area contributed by atoms with E-state index in [0.717, 1.165) is 30.0 Å². The Hall–Kier alpha value is -2.39. The molecule has 1 aliphatic heterocycles. The van der Waals surface area contributed by atoms with Gasteiger partial charge in [0.25, 0.3) is 0 Å². The molecule has 0 fully saturated rings. The lowest BCUT2D eigenvalue weighted by Crippen LogP contribution is -2.17. The molecule has 3 aromatic rings. The van der Waals surface area contributed by atoms with Gasteiger partial charge >= 0.3 is 0 Å². The van der Waals surface area contributed by atoms with Crippen LogP contribution in [-0.2, 0) is 17.9 Å².